The first-order valence-corrected chi connectivity index (χ1v) is 23.3. The number of carbonyl (C=O) groups excluding carboxylic acids is 3. The number of nitrogens with zero attached hydrogens (tertiary/aromatic N) is 3. The fourth-order valence-corrected chi connectivity index (χ4v) is 9.58. The van der Waals surface area contributed by atoms with E-state index in [0.29, 0.717) is 17.7 Å². The van der Waals surface area contributed by atoms with Crippen molar-refractivity contribution in [2.24, 2.45) is 0 Å². The highest BCUT2D eigenvalue weighted by molar-refractivity contribution is 6.10. The highest BCUT2D eigenvalue weighted by atomic mass is 19.1. The van der Waals surface area contributed by atoms with E-state index >= 15 is 0 Å². The van der Waals surface area contributed by atoms with E-state index < -0.39 is 0 Å². The van der Waals surface area contributed by atoms with Crippen LogP contribution in [0, 0.1) is 12.7 Å². The van der Waals surface area contributed by atoms with Gasteiger partial charge in [0.05, 0.1) is 33.4 Å². The van der Waals surface area contributed by atoms with E-state index in [1.807, 2.05) is 138 Å². The predicted molar refractivity (Wildman–Crippen MR) is 267 cm³/mol. The zero-order valence-corrected chi connectivity index (χ0v) is 39.1. The van der Waals surface area contributed by atoms with Gasteiger partial charge in [-0.2, -0.15) is 13.7 Å². The Kier molecular flexibility index (Phi) is 11.9. The van der Waals surface area contributed by atoms with Gasteiger partial charge in [0.1, 0.15) is 5.82 Å². The topological polar surface area (TPSA) is 62.9 Å². The van der Waals surface area contributed by atoms with Gasteiger partial charge in [0, 0.05) is 51.6 Å². The molecule has 7 heteroatoms. The van der Waals surface area contributed by atoms with Crippen molar-refractivity contribution in [3.8, 4) is 33.8 Å². The number of pyridine rings is 3. The summed E-state index contributed by atoms with van der Waals surface area (Å²) in [4.78, 5) is 37.8. The SMILES string of the molecule is CC(C)(C)c1ccc2c(c1)C[n+]1cc(C(=O)c3ccccc3)ccc1-2.Cc1cccc2c1-c1ccc(C(=O)c3ccccc3)c[n+]1C2.O=C(c1ccccc1)c1ccc2[n+](c1)Cc1cc(F)ccc1-2. The van der Waals surface area contributed by atoms with E-state index in [-0.39, 0.29) is 28.6 Å². The zero-order chi connectivity index (χ0) is 47.8. The van der Waals surface area contributed by atoms with Crippen LogP contribution in [0.3, 0.4) is 0 Å². The van der Waals surface area contributed by atoms with E-state index in [1.54, 1.807) is 12.1 Å². The molecule has 336 valence electrons. The lowest BCUT2D eigenvalue weighted by Crippen LogP contribution is -2.33. The van der Waals surface area contributed by atoms with E-state index in [0.717, 1.165) is 52.2 Å². The Morgan fingerprint density at radius 2 is 0.841 bits per heavy atom. The summed E-state index contributed by atoms with van der Waals surface area (Å²) in [6.07, 6.45) is 5.81. The zero-order valence-electron chi connectivity index (χ0n) is 39.1. The van der Waals surface area contributed by atoms with Crippen LogP contribution < -0.4 is 13.7 Å². The number of aryl methyl sites for hydroxylation is 1. The van der Waals surface area contributed by atoms with Crippen LogP contribution in [-0.2, 0) is 25.0 Å². The molecule has 9 aromatic rings. The first-order valence-electron chi connectivity index (χ1n) is 23.3. The molecule has 0 saturated heterocycles. The van der Waals surface area contributed by atoms with Crippen molar-refractivity contribution >= 4 is 17.3 Å². The van der Waals surface area contributed by atoms with Crippen LogP contribution in [0.15, 0.2) is 201 Å². The van der Waals surface area contributed by atoms with Gasteiger partial charge in [-0.3, -0.25) is 14.4 Å². The molecule has 0 N–H and O–H groups in total. The lowest BCUT2D eigenvalue weighted by molar-refractivity contribution is -0.672. The van der Waals surface area contributed by atoms with E-state index in [4.69, 9.17) is 0 Å². The van der Waals surface area contributed by atoms with Crippen molar-refractivity contribution in [3.05, 3.63) is 268 Å². The van der Waals surface area contributed by atoms with Crippen LogP contribution in [0.1, 0.15) is 96.4 Å². The average Bonchev–Trinajstić information content (AvgIpc) is 4.06. The molecule has 0 fully saturated rings. The second-order valence-electron chi connectivity index (χ2n) is 18.9. The molecule has 0 saturated carbocycles. The Hall–Kier alpha value is -8.29. The van der Waals surface area contributed by atoms with Crippen LogP contribution >= 0.6 is 0 Å². The maximum Gasteiger partial charge on any atom is 0.213 e. The van der Waals surface area contributed by atoms with E-state index in [9.17, 15) is 18.8 Å². The summed E-state index contributed by atoms with van der Waals surface area (Å²) in [5.41, 5.74) is 17.6. The molecule has 3 aliphatic rings. The number of rotatable bonds is 6. The number of ketones is 3. The fourth-order valence-electron chi connectivity index (χ4n) is 9.58. The molecule has 3 aromatic heterocycles. The number of carbonyl (C=O) groups is 3. The van der Waals surface area contributed by atoms with Crippen molar-refractivity contribution in [1.82, 2.24) is 0 Å². The van der Waals surface area contributed by atoms with Crippen molar-refractivity contribution < 1.29 is 32.5 Å². The molecule has 6 aromatic carbocycles. The van der Waals surface area contributed by atoms with Crippen molar-refractivity contribution in [3.63, 3.8) is 0 Å². The molecule has 69 heavy (non-hydrogen) atoms. The second kappa shape index (κ2) is 18.4. The smallest absolute Gasteiger partial charge is 0.213 e. The summed E-state index contributed by atoms with van der Waals surface area (Å²) in [6, 6.07) is 57.8. The first kappa shape index (κ1) is 44.5. The molecule has 3 aliphatic heterocycles. The van der Waals surface area contributed by atoms with Crippen LogP contribution in [-0.4, -0.2) is 17.3 Å². The fraction of sp³-hybridized carbons (Fsp3) is 0.129. The van der Waals surface area contributed by atoms with Gasteiger partial charge in [-0.05, 0) is 72.0 Å². The van der Waals surface area contributed by atoms with Gasteiger partial charge in [-0.15, -0.1) is 0 Å². The second-order valence-corrected chi connectivity index (χ2v) is 18.9. The molecule has 0 atom stereocenters. The summed E-state index contributed by atoms with van der Waals surface area (Å²) < 4.78 is 19.7. The summed E-state index contributed by atoms with van der Waals surface area (Å²) in [5.74, 6) is -0.0865. The Balaban J connectivity index is 0.000000121. The van der Waals surface area contributed by atoms with Gasteiger partial charge in [-0.1, -0.05) is 136 Å². The molecular formula is C62H51FN3O3+3. The number of aromatic nitrogens is 3. The Morgan fingerprint density at radius 1 is 0.420 bits per heavy atom. The third kappa shape index (κ3) is 8.99. The van der Waals surface area contributed by atoms with Crippen LogP contribution in [0.4, 0.5) is 4.39 Å². The van der Waals surface area contributed by atoms with Crippen LogP contribution in [0.5, 0.6) is 0 Å². The highest BCUT2D eigenvalue weighted by Gasteiger charge is 2.31. The molecule has 0 radical (unpaired) electrons. The molecule has 0 aliphatic carbocycles. The molecule has 0 unspecified atom stereocenters. The number of halogens is 1. The van der Waals surface area contributed by atoms with Gasteiger partial charge >= 0.3 is 0 Å². The molecule has 0 amide bonds. The number of benzene rings is 6. The summed E-state index contributed by atoms with van der Waals surface area (Å²) in [5, 5.41) is 0. The first-order chi connectivity index (χ1) is 33.4. The maximum atomic E-state index is 13.4. The van der Waals surface area contributed by atoms with E-state index in [2.05, 4.69) is 85.4 Å². The quantitative estimate of drug-likeness (QED) is 0.123. The minimum atomic E-state index is -0.229. The van der Waals surface area contributed by atoms with Crippen LogP contribution in [0.2, 0.25) is 0 Å². The monoisotopic (exact) mass is 904 g/mol. The van der Waals surface area contributed by atoms with Crippen LogP contribution in [0.25, 0.3) is 33.8 Å². The molecule has 6 nitrogen and oxygen atoms in total. The van der Waals surface area contributed by atoms with Crippen molar-refractivity contribution in [2.75, 3.05) is 0 Å². The van der Waals surface area contributed by atoms with Gasteiger partial charge in [0.2, 0.25) is 17.1 Å². The third-order valence-electron chi connectivity index (χ3n) is 13.2. The van der Waals surface area contributed by atoms with Crippen molar-refractivity contribution in [2.45, 2.75) is 52.7 Å². The normalized spacial score (nSPS) is 12.1. The maximum absolute atomic E-state index is 13.4. The number of hydrogen-bond acceptors (Lipinski definition) is 3. The summed E-state index contributed by atoms with van der Waals surface area (Å²) in [7, 11) is 0. The molecule has 0 bridgehead atoms. The average molecular weight is 905 g/mol. The third-order valence-corrected chi connectivity index (χ3v) is 13.2. The highest BCUT2D eigenvalue weighted by Crippen LogP contribution is 2.33. The minimum Gasteiger partial charge on any atom is -0.288 e. The largest absolute Gasteiger partial charge is 0.288 e. The standard InChI is InChI=1S/C23H22NO.C20H16NO.C19H13FNO/c1-23(2,3)19-10-11-20-18(13-19)15-24-14-17(9-12-21(20)24)22(25)16-7-5-4-6-8-16;1-14-6-5-9-16-12-21-13-17(10-11-18(21)19(14)16)20(22)15-7-3-2-4-8-15;20-16-7-8-17-15(10-16)12-21-11-14(6-9-18(17)21)19(22)13-4-2-1-3-5-13/h4-14H,15H2,1-3H3;2-11,13H,12H2,1H3;1-11H,12H2/q3*+1. The van der Waals surface area contributed by atoms with Crippen molar-refractivity contribution in [1.29, 1.82) is 0 Å². The predicted octanol–water partition coefficient (Wildman–Crippen LogP) is 11.4. The Bertz CT molecular complexity index is 3470. The molecule has 12 rings (SSSR count). The number of hydrogen-bond donors (Lipinski definition) is 0. The number of fused-ring (bicyclic) bond motifs is 9. The summed E-state index contributed by atoms with van der Waals surface area (Å²) in [6.45, 7) is 11.1. The van der Waals surface area contributed by atoms with Gasteiger partial charge in [-0.25, -0.2) is 4.39 Å². The van der Waals surface area contributed by atoms with Gasteiger partial charge < -0.3 is 0 Å². The Morgan fingerprint density at radius 3 is 1.32 bits per heavy atom. The lowest BCUT2D eigenvalue weighted by Gasteiger charge is -2.19. The molecular weight excluding hydrogens is 854 g/mol. The molecule has 6 heterocycles. The lowest BCUT2D eigenvalue weighted by atomic mass is 9.85. The van der Waals surface area contributed by atoms with E-state index in [1.165, 1.54) is 50.8 Å². The minimum absolute atomic E-state index is 0.00182. The van der Waals surface area contributed by atoms with Gasteiger partial charge in [0.15, 0.2) is 55.6 Å². The summed E-state index contributed by atoms with van der Waals surface area (Å²) >= 11 is 0. The van der Waals surface area contributed by atoms with Gasteiger partial charge in [0.25, 0.3) is 0 Å². The molecule has 0 spiro atoms. The Labute approximate surface area is 402 Å².